The zero-order valence-electron chi connectivity index (χ0n) is 19.6. The number of nitrogens with one attached hydrogen (secondary N) is 1. The van der Waals surface area contributed by atoms with Gasteiger partial charge >= 0.3 is 0 Å². The molecule has 0 unspecified atom stereocenters. The number of rotatable bonds is 7. The lowest BCUT2D eigenvalue weighted by atomic mass is 9.79. The normalized spacial score (nSPS) is 17.1. The number of hydrogen-bond donors (Lipinski definition) is 1. The van der Waals surface area contributed by atoms with E-state index in [1.54, 1.807) is 66.8 Å². The minimum atomic E-state index is -0.715. The van der Waals surface area contributed by atoms with Crippen molar-refractivity contribution >= 4 is 17.5 Å². The number of hydrogen-bond acceptors (Lipinski definition) is 6. The standard InChI is InChI=1S/C26H27N3O5/c1-5-34-18-10-8-17(9-11-18)28-25(30)23-19-13-21(32-3)22(33-4)14-20(19)26(31)29(2)24(23)16-7-6-12-27-15-16/h6-15,23-24H,5H2,1-4H3,(H,28,30)/t23-,24+/m1/s1. The molecule has 3 aromatic rings. The summed E-state index contributed by atoms with van der Waals surface area (Å²) in [6, 6.07) is 13.6. The summed E-state index contributed by atoms with van der Waals surface area (Å²) in [7, 11) is 4.72. The number of anilines is 1. The molecule has 1 aliphatic heterocycles. The first-order valence-electron chi connectivity index (χ1n) is 10.9. The lowest BCUT2D eigenvalue weighted by Gasteiger charge is -2.39. The SMILES string of the molecule is CCOc1ccc(NC(=O)[C@@H]2c3cc(OC)c(OC)cc3C(=O)N(C)[C@H]2c2cccnc2)cc1. The molecule has 2 aromatic carbocycles. The van der Waals surface area contributed by atoms with Crippen molar-refractivity contribution in [2.75, 3.05) is 33.2 Å². The molecule has 34 heavy (non-hydrogen) atoms. The summed E-state index contributed by atoms with van der Waals surface area (Å²) >= 11 is 0. The van der Waals surface area contributed by atoms with E-state index in [4.69, 9.17) is 14.2 Å². The van der Waals surface area contributed by atoms with E-state index in [-0.39, 0.29) is 11.8 Å². The summed E-state index contributed by atoms with van der Waals surface area (Å²) in [5.41, 5.74) is 2.34. The van der Waals surface area contributed by atoms with Crippen molar-refractivity contribution in [2.24, 2.45) is 0 Å². The zero-order chi connectivity index (χ0) is 24.2. The van der Waals surface area contributed by atoms with E-state index in [0.717, 1.165) is 11.3 Å². The summed E-state index contributed by atoms with van der Waals surface area (Å²) in [6.07, 6.45) is 3.34. The molecule has 1 aliphatic rings. The molecule has 2 atom stereocenters. The largest absolute Gasteiger partial charge is 0.494 e. The Labute approximate surface area is 198 Å². The molecule has 8 heteroatoms. The predicted octanol–water partition coefficient (Wildman–Crippen LogP) is 4.05. The Kier molecular flexibility index (Phi) is 6.67. The highest BCUT2D eigenvalue weighted by Crippen LogP contribution is 2.45. The van der Waals surface area contributed by atoms with Crippen LogP contribution in [0.15, 0.2) is 60.9 Å². The molecule has 4 rings (SSSR count). The summed E-state index contributed by atoms with van der Waals surface area (Å²) in [6.45, 7) is 2.47. The van der Waals surface area contributed by atoms with Gasteiger partial charge in [-0.05, 0) is 60.5 Å². The lowest BCUT2D eigenvalue weighted by Crippen LogP contribution is -2.44. The molecule has 0 spiro atoms. The van der Waals surface area contributed by atoms with Crippen molar-refractivity contribution in [3.05, 3.63) is 77.6 Å². The van der Waals surface area contributed by atoms with Gasteiger partial charge in [0.1, 0.15) is 5.75 Å². The topological polar surface area (TPSA) is 90.0 Å². The Morgan fingerprint density at radius 3 is 2.41 bits per heavy atom. The Hall–Kier alpha value is -4.07. The van der Waals surface area contributed by atoms with Crippen molar-refractivity contribution < 1.29 is 23.8 Å². The van der Waals surface area contributed by atoms with Crippen LogP contribution in [0, 0.1) is 0 Å². The van der Waals surface area contributed by atoms with Gasteiger partial charge in [-0.3, -0.25) is 14.6 Å². The Morgan fingerprint density at radius 1 is 1.09 bits per heavy atom. The van der Waals surface area contributed by atoms with Crippen molar-refractivity contribution in [3.63, 3.8) is 0 Å². The first-order chi connectivity index (χ1) is 16.5. The highest BCUT2D eigenvalue weighted by atomic mass is 16.5. The maximum absolute atomic E-state index is 13.8. The number of amides is 2. The number of fused-ring (bicyclic) bond motifs is 1. The van der Waals surface area contributed by atoms with E-state index < -0.39 is 12.0 Å². The Balaban J connectivity index is 1.80. The molecular weight excluding hydrogens is 434 g/mol. The average molecular weight is 462 g/mol. The number of pyridine rings is 1. The summed E-state index contributed by atoms with van der Waals surface area (Å²) in [5, 5.41) is 3.00. The predicted molar refractivity (Wildman–Crippen MR) is 128 cm³/mol. The van der Waals surface area contributed by atoms with E-state index in [0.29, 0.717) is 34.9 Å². The third-order valence-corrected chi connectivity index (χ3v) is 5.92. The fourth-order valence-corrected chi connectivity index (χ4v) is 4.32. The number of carbonyl (C=O) groups is 2. The average Bonchev–Trinajstić information content (AvgIpc) is 2.87. The molecule has 0 radical (unpaired) electrons. The molecular formula is C26H27N3O5. The Bertz CT molecular complexity index is 1180. The molecule has 0 saturated heterocycles. The van der Waals surface area contributed by atoms with Gasteiger partial charge in [0.25, 0.3) is 5.91 Å². The first-order valence-corrected chi connectivity index (χ1v) is 10.9. The fourth-order valence-electron chi connectivity index (χ4n) is 4.32. The van der Waals surface area contributed by atoms with Gasteiger partial charge in [-0.1, -0.05) is 6.07 Å². The van der Waals surface area contributed by atoms with Gasteiger partial charge < -0.3 is 24.4 Å². The highest BCUT2D eigenvalue weighted by Gasteiger charge is 2.43. The Morgan fingerprint density at radius 2 is 1.79 bits per heavy atom. The lowest BCUT2D eigenvalue weighted by molar-refractivity contribution is -0.119. The number of ether oxygens (including phenoxy) is 3. The highest BCUT2D eigenvalue weighted by molar-refractivity contribution is 6.04. The van der Waals surface area contributed by atoms with Crippen molar-refractivity contribution in [3.8, 4) is 17.2 Å². The van der Waals surface area contributed by atoms with Gasteiger partial charge in [0.15, 0.2) is 11.5 Å². The summed E-state index contributed by atoms with van der Waals surface area (Å²) in [4.78, 5) is 32.9. The van der Waals surface area contributed by atoms with E-state index in [2.05, 4.69) is 10.3 Å². The molecule has 0 saturated carbocycles. The van der Waals surface area contributed by atoms with Crippen molar-refractivity contribution in [2.45, 2.75) is 18.9 Å². The van der Waals surface area contributed by atoms with E-state index >= 15 is 0 Å². The van der Waals surface area contributed by atoms with Crippen molar-refractivity contribution in [1.82, 2.24) is 9.88 Å². The van der Waals surface area contributed by atoms with Gasteiger partial charge in [-0.2, -0.15) is 0 Å². The van der Waals surface area contributed by atoms with Gasteiger partial charge in [0, 0.05) is 30.7 Å². The number of nitrogens with zero attached hydrogens (tertiary/aromatic N) is 2. The molecule has 0 bridgehead atoms. The van der Waals surface area contributed by atoms with Crippen LogP contribution in [0.5, 0.6) is 17.2 Å². The van der Waals surface area contributed by atoms with E-state index in [9.17, 15) is 9.59 Å². The van der Waals surface area contributed by atoms with Crippen LogP contribution in [0.1, 0.15) is 40.4 Å². The number of aromatic nitrogens is 1. The minimum absolute atomic E-state index is 0.213. The second kappa shape index (κ2) is 9.82. The zero-order valence-corrected chi connectivity index (χ0v) is 19.6. The molecule has 1 N–H and O–H groups in total. The fraction of sp³-hybridized carbons (Fsp3) is 0.269. The number of likely N-dealkylation sites (N-methyl/N-ethyl adjacent to an activating group) is 1. The number of methoxy groups -OCH3 is 2. The third-order valence-electron chi connectivity index (χ3n) is 5.92. The van der Waals surface area contributed by atoms with Crippen LogP contribution in [0.3, 0.4) is 0 Å². The molecule has 8 nitrogen and oxygen atoms in total. The molecule has 0 fully saturated rings. The summed E-state index contributed by atoms with van der Waals surface area (Å²) < 4.78 is 16.4. The summed E-state index contributed by atoms with van der Waals surface area (Å²) in [5.74, 6) is 0.406. The quantitative estimate of drug-likeness (QED) is 0.571. The second-order valence-electron chi connectivity index (χ2n) is 7.87. The van der Waals surface area contributed by atoms with E-state index in [1.807, 2.05) is 13.0 Å². The van der Waals surface area contributed by atoms with Crippen LogP contribution >= 0.6 is 0 Å². The minimum Gasteiger partial charge on any atom is -0.494 e. The molecule has 2 amide bonds. The van der Waals surface area contributed by atoms with Crippen LogP contribution in [0.4, 0.5) is 5.69 Å². The molecule has 2 heterocycles. The number of benzene rings is 2. The van der Waals surface area contributed by atoms with Crippen molar-refractivity contribution in [1.29, 1.82) is 0 Å². The maximum Gasteiger partial charge on any atom is 0.254 e. The third kappa shape index (κ3) is 4.26. The smallest absolute Gasteiger partial charge is 0.254 e. The van der Waals surface area contributed by atoms with E-state index in [1.165, 1.54) is 14.2 Å². The number of carbonyl (C=O) groups excluding carboxylic acids is 2. The van der Waals surface area contributed by atoms with Crippen LogP contribution in [0.25, 0.3) is 0 Å². The van der Waals surface area contributed by atoms with Crippen LogP contribution in [-0.2, 0) is 4.79 Å². The monoisotopic (exact) mass is 461 g/mol. The second-order valence-corrected chi connectivity index (χ2v) is 7.87. The first kappa shape index (κ1) is 23.1. The van der Waals surface area contributed by atoms with Crippen LogP contribution in [-0.4, -0.2) is 49.6 Å². The van der Waals surface area contributed by atoms with Crippen LogP contribution < -0.4 is 19.5 Å². The van der Waals surface area contributed by atoms with Gasteiger partial charge in [-0.15, -0.1) is 0 Å². The molecule has 0 aliphatic carbocycles. The van der Waals surface area contributed by atoms with Crippen LogP contribution in [0.2, 0.25) is 0 Å². The van der Waals surface area contributed by atoms with Gasteiger partial charge in [0.2, 0.25) is 5.91 Å². The van der Waals surface area contributed by atoms with Gasteiger partial charge in [-0.25, -0.2) is 0 Å². The molecule has 176 valence electrons. The maximum atomic E-state index is 13.8. The molecule has 1 aromatic heterocycles. The van der Waals surface area contributed by atoms with Gasteiger partial charge in [0.05, 0.1) is 32.8 Å².